The van der Waals surface area contributed by atoms with Gasteiger partial charge in [0.25, 0.3) is 5.69 Å². The number of nitro benzene ring substituents is 1. The third kappa shape index (κ3) is 7.10. The number of non-ortho nitro benzene ring substituents is 1. The van der Waals surface area contributed by atoms with Crippen molar-refractivity contribution in [3.63, 3.8) is 0 Å². The molecule has 0 saturated heterocycles. The second-order valence-electron chi connectivity index (χ2n) is 9.03. The molecule has 11 heteroatoms. The van der Waals surface area contributed by atoms with E-state index in [1.807, 2.05) is 30.3 Å². The number of carbonyl (C=O) groups excluding carboxylic acids is 3. The van der Waals surface area contributed by atoms with Crippen molar-refractivity contribution in [3.05, 3.63) is 87.1 Å². The van der Waals surface area contributed by atoms with Crippen molar-refractivity contribution in [2.24, 2.45) is 10.9 Å². The van der Waals surface area contributed by atoms with Gasteiger partial charge in [-0.05, 0) is 44.7 Å². The van der Waals surface area contributed by atoms with Crippen molar-refractivity contribution < 1.29 is 33.5 Å². The van der Waals surface area contributed by atoms with Crippen LogP contribution in [0.1, 0.15) is 56.7 Å². The molecule has 3 atom stereocenters. The van der Waals surface area contributed by atoms with E-state index in [-0.39, 0.29) is 30.9 Å². The average molecular weight is 552 g/mol. The van der Waals surface area contributed by atoms with Gasteiger partial charge in [0, 0.05) is 23.8 Å². The summed E-state index contributed by atoms with van der Waals surface area (Å²) in [5.41, 5.74) is 1.89. The molecule has 3 unspecified atom stereocenters. The summed E-state index contributed by atoms with van der Waals surface area (Å²) in [5.74, 6) is -3.26. The third-order valence-corrected chi connectivity index (χ3v) is 6.55. The van der Waals surface area contributed by atoms with Gasteiger partial charge in [-0.1, -0.05) is 42.5 Å². The Labute approximate surface area is 232 Å². The van der Waals surface area contributed by atoms with Crippen LogP contribution in [0.25, 0.3) is 0 Å². The number of methoxy groups -OCH3 is 1. The van der Waals surface area contributed by atoms with Crippen LogP contribution in [0.4, 0.5) is 10.5 Å². The Morgan fingerprint density at radius 2 is 1.75 bits per heavy atom. The molecule has 212 valence electrons. The van der Waals surface area contributed by atoms with Gasteiger partial charge in [-0.15, -0.1) is 0 Å². The lowest BCUT2D eigenvalue weighted by molar-refractivity contribution is -0.384. The monoisotopic (exact) mass is 551 g/mol. The average Bonchev–Trinajstić information content (AvgIpc) is 2.95. The van der Waals surface area contributed by atoms with Gasteiger partial charge in [0.2, 0.25) is 0 Å². The Hall–Kier alpha value is -4.54. The number of nitrogens with zero attached hydrogens (tertiary/aromatic N) is 2. The van der Waals surface area contributed by atoms with Crippen LogP contribution in [0, 0.1) is 16.0 Å². The zero-order chi connectivity index (χ0) is 29.2. The van der Waals surface area contributed by atoms with E-state index in [1.54, 1.807) is 26.8 Å². The second kappa shape index (κ2) is 14.0. The smallest absolute Gasteiger partial charge is 0.407 e. The quantitative estimate of drug-likeness (QED) is 0.177. The number of allylic oxidation sites excluding steroid dienone is 1. The number of alkyl carbamates (subject to hydrolysis) is 1. The van der Waals surface area contributed by atoms with E-state index in [0.29, 0.717) is 23.4 Å². The first-order valence-electron chi connectivity index (χ1n) is 13.0. The Bertz CT molecular complexity index is 1310. The van der Waals surface area contributed by atoms with Gasteiger partial charge in [0.15, 0.2) is 0 Å². The maximum atomic E-state index is 13.4. The molecule has 0 fully saturated rings. The number of hydrogen-bond donors (Lipinski definition) is 1. The number of hydrogen-bond acceptors (Lipinski definition) is 9. The molecule has 0 spiro atoms. The van der Waals surface area contributed by atoms with E-state index in [0.717, 1.165) is 5.56 Å². The van der Waals surface area contributed by atoms with E-state index in [9.17, 15) is 24.5 Å². The fourth-order valence-corrected chi connectivity index (χ4v) is 4.80. The zero-order valence-corrected chi connectivity index (χ0v) is 22.9. The minimum atomic E-state index is -1.00. The number of amides is 1. The molecule has 3 rings (SSSR count). The highest BCUT2D eigenvalue weighted by atomic mass is 16.6. The van der Waals surface area contributed by atoms with Crippen LogP contribution < -0.4 is 5.32 Å². The lowest BCUT2D eigenvalue weighted by Gasteiger charge is -2.32. The summed E-state index contributed by atoms with van der Waals surface area (Å²) in [6.07, 6.45) is -0.0291. The molecule has 0 radical (unpaired) electrons. The van der Waals surface area contributed by atoms with Gasteiger partial charge in [-0.2, -0.15) is 0 Å². The lowest BCUT2D eigenvalue weighted by Crippen LogP contribution is -2.36. The van der Waals surface area contributed by atoms with Crippen molar-refractivity contribution in [1.82, 2.24) is 5.32 Å². The molecule has 0 aromatic heterocycles. The van der Waals surface area contributed by atoms with E-state index < -0.39 is 40.8 Å². The molecule has 1 amide bonds. The molecule has 0 aliphatic carbocycles. The van der Waals surface area contributed by atoms with Gasteiger partial charge >= 0.3 is 18.0 Å². The topological polar surface area (TPSA) is 146 Å². The summed E-state index contributed by atoms with van der Waals surface area (Å²) in [5, 5.41) is 14.4. The molecule has 0 saturated carbocycles. The van der Waals surface area contributed by atoms with Crippen LogP contribution in [-0.4, -0.2) is 49.0 Å². The van der Waals surface area contributed by atoms with Crippen LogP contribution in [0.15, 0.2) is 70.9 Å². The maximum Gasteiger partial charge on any atom is 0.407 e. The molecule has 40 heavy (non-hydrogen) atoms. The van der Waals surface area contributed by atoms with E-state index in [2.05, 4.69) is 10.3 Å². The number of carbonyl (C=O) groups is 3. The first kappa shape index (κ1) is 30.0. The maximum absolute atomic E-state index is 13.4. The zero-order valence-electron chi connectivity index (χ0n) is 22.9. The molecule has 2 aromatic rings. The molecule has 0 bridgehead atoms. The predicted octanol–water partition coefficient (Wildman–Crippen LogP) is 5.03. The van der Waals surface area contributed by atoms with Gasteiger partial charge < -0.3 is 19.5 Å². The fraction of sp³-hybridized carbons (Fsp3) is 0.379. The Balaban J connectivity index is 2.12. The minimum Gasteiger partial charge on any atom is -0.468 e. The first-order chi connectivity index (χ1) is 19.2. The molecule has 1 aliphatic rings. The third-order valence-electron chi connectivity index (χ3n) is 6.55. The van der Waals surface area contributed by atoms with Crippen LogP contribution in [0.5, 0.6) is 0 Å². The van der Waals surface area contributed by atoms with Crippen molar-refractivity contribution >= 4 is 29.4 Å². The fourth-order valence-electron chi connectivity index (χ4n) is 4.80. The number of ether oxygens (including phenoxy) is 3. The van der Waals surface area contributed by atoms with Gasteiger partial charge in [-0.3, -0.25) is 19.9 Å². The number of esters is 2. The van der Waals surface area contributed by atoms with Crippen molar-refractivity contribution in [2.75, 3.05) is 20.3 Å². The molecule has 2 aromatic carbocycles. The summed E-state index contributed by atoms with van der Waals surface area (Å²) in [6.45, 7) is 5.29. The molecular weight excluding hydrogens is 518 g/mol. The summed E-state index contributed by atoms with van der Waals surface area (Å²) >= 11 is 0. The number of rotatable bonds is 11. The first-order valence-corrected chi connectivity index (χ1v) is 13.0. The van der Waals surface area contributed by atoms with E-state index in [1.165, 1.54) is 25.3 Å². The summed E-state index contributed by atoms with van der Waals surface area (Å²) in [6, 6.07) is 14.6. The molecule has 1 N–H and O–H groups in total. The minimum absolute atomic E-state index is 0.0694. The van der Waals surface area contributed by atoms with E-state index in [4.69, 9.17) is 14.2 Å². The standard InChI is InChI=1S/C29H33N3O8/c1-5-39-28(34)26-23(16-15-22(31-29(35)40-6-2)19-11-8-7-9-12-19)30-18(3)24(27(33)38-4)25(26)20-13-10-14-21(17-20)32(36)37/h7-14,17,22,24-25H,5-6,15-16H2,1-4H3,(H,31,35). The number of benzene rings is 2. The SMILES string of the molecule is CCOC(=O)NC(CCC1=C(C(=O)OCC)C(c2cccc([N+](=O)[O-])c2)C(C(=O)OC)C(C)=N1)c1ccccc1. The highest BCUT2D eigenvalue weighted by Gasteiger charge is 2.43. The predicted molar refractivity (Wildman–Crippen MR) is 147 cm³/mol. The highest BCUT2D eigenvalue weighted by molar-refractivity contribution is 6.07. The second-order valence-corrected chi connectivity index (χ2v) is 9.03. The normalized spacial score (nSPS) is 17.4. The van der Waals surface area contributed by atoms with Crippen molar-refractivity contribution in [3.8, 4) is 0 Å². The highest BCUT2D eigenvalue weighted by Crippen LogP contribution is 2.42. The van der Waals surface area contributed by atoms with Crippen LogP contribution >= 0.6 is 0 Å². The van der Waals surface area contributed by atoms with Crippen LogP contribution in [0.2, 0.25) is 0 Å². The van der Waals surface area contributed by atoms with Crippen molar-refractivity contribution in [1.29, 1.82) is 0 Å². The Morgan fingerprint density at radius 1 is 1.05 bits per heavy atom. The van der Waals surface area contributed by atoms with Crippen molar-refractivity contribution in [2.45, 2.75) is 45.6 Å². The van der Waals surface area contributed by atoms with Crippen LogP contribution in [-0.2, 0) is 23.8 Å². The molecule has 11 nitrogen and oxygen atoms in total. The number of nitro groups is 1. The summed E-state index contributed by atoms with van der Waals surface area (Å²) in [7, 11) is 1.23. The molecule has 1 heterocycles. The van der Waals surface area contributed by atoms with Gasteiger partial charge in [0.05, 0.1) is 42.6 Å². The van der Waals surface area contributed by atoms with E-state index >= 15 is 0 Å². The van der Waals surface area contributed by atoms with Gasteiger partial charge in [0.1, 0.15) is 5.92 Å². The summed E-state index contributed by atoms with van der Waals surface area (Å²) < 4.78 is 15.5. The Morgan fingerprint density at radius 3 is 2.38 bits per heavy atom. The summed E-state index contributed by atoms with van der Waals surface area (Å²) in [4.78, 5) is 54.4. The lowest BCUT2D eigenvalue weighted by atomic mass is 9.75. The van der Waals surface area contributed by atoms with Gasteiger partial charge in [-0.25, -0.2) is 9.59 Å². The molecule has 1 aliphatic heterocycles. The largest absolute Gasteiger partial charge is 0.468 e. The number of nitrogens with one attached hydrogen (secondary N) is 1. The molecular formula is C29H33N3O8. The van der Waals surface area contributed by atoms with Crippen LogP contribution in [0.3, 0.4) is 0 Å². The number of aliphatic imine (C=N–C) groups is 1. The Kier molecular flexibility index (Phi) is 10.5.